The lowest BCUT2D eigenvalue weighted by molar-refractivity contribution is -0.114. The van der Waals surface area contributed by atoms with Gasteiger partial charge in [-0.15, -0.1) is 0 Å². The summed E-state index contributed by atoms with van der Waals surface area (Å²) in [6, 6.07) is 4.52. The van der Waals surface area contributed by atoms with Crippen molar-refractivity contribution in [1.29, 1.82) is 0 Å². The summed E-state index contributed by atoms with van der Waals surface area (Å²) in [7, 11) is 1.52. The summed E-state index contributed by atoms with van der Waals surface area (Å²) in [5.74, 6) is -0.540. The summed E-state index contributed by atoms with van der Waals surface area (Å²) in [6.07, 6.45) is 0. The molecule has 5 nitrogen and oxygen atoms in total. The Bertz CT molecular complexity index is 475. The van der Waals surface area contributed by atoms with Crippen LogP contribution in [0.2, 0.25) is 0 Å². The Morgan fingerprint density at radius 1 is 1.38 bits per heavy atom. The standard InChI is InChI=1S/C11H11N3O2/c1-7(15)14-10-6-8(11(16)13-3)4-5-9(10)12-2/h4-6H,1,3H3,(H,13,16)(H,14,15). The maximum Gasteiger partial charge on any atom is 0.250 e. The predicted molar refractivity (Wildman–Crippen MR) is 60.4 cm³/mol. The Morgan fingerprint density at radius 3 is 2.56 bits per heavy atom. The summed E-state index contributed by atoms with van der Waals surface area (Å²) < 4.78 is 0. The minimum atomic E-state index is -0.279. The summed E-state index contributed by atoms with van der Waals surface area (Å²) in [6.45, 7) is 8.27. The van der Waals surface area contributed by atoms with Crippen molar-refractivity contribution in [2.24, 2.45) is 0 Å². The number of benzene rings is 1. The van der Waals surface area contributed by atoms with Crippen molar-refractivity contribution in [1.82, 2.24) is 5.32 Å². The third-order valence-corrected chi connectivity index (χ3v) is 1.92. The van der Waals surface area contributed by atoms with Crippen LogP contribution in [0.4, 0.5) is 11.4 Å². The quantitative estimate of drug-likeness (QED) is 0.738. The van der Waals surface area contributed by atoms with Crippen molar-refractivity contribution >= 4 is 23.2 Å². The summed E-state index contributed by atoms with van der Waals surface area (Å²) in [5, 5.41) is 4.98. The van der Waals surface area contributed by atoms with Crippen LogP contribution in [-0.2, 0) is 4.79 Å². The predicted octanol–water partition coefficient (Wildman–Crippen LogP) is 1.56. The van der Waals surface area contributed by atoms with E-state index in [0.717, 1.165) is 0 Å². The number of nitrogens with one attached hydrogen (secondary N) is 2. The highest BCUT2D eigenvalue weighted by molar-refractivity contribution is 5.99. The third kappa shape index (κ3) is 2.58. The maximum atomic E-state index is 11.3. The molecule has 82 valence electrons. The number of carbonyl (C=O) groups is 2. The topological polar surface area (TPSA) is 62.6 Å². The Balaban J connectivity index is 3.17. The average molecular weight is 217 g/mol. The molecule has 0 saturated heterocycles. The maximum absolute atomic E-state index is 11.3. The zero-order chi connectivity index (χ0) is 12.1. The van der Waals surface area contributed by atoms with Gasteiger partial charge in [-0.05, 0) is 6.07 Å². The van der Waals surface area contributed by atoms with Crippen molar-refractivity contribution in [2.75, 3.05) is 12.4 Å². The van der Waals surface area contributed by atoms with E-state index in [4.69, 9.17) is 6.57 Å². The lowest BCUT2D eigenvalue weighted by atomic mass is 10.1. The van der Waals surface area contributed by atoms with Gasteiger partial charge in [0.2, 0.25) is 11.6 Å². The molecule has 0 bridgehead atoms. The summed E-state index contributed by atoms with van der Waals surface area (Å²) >= 11 is 0. The number of hydrogen-bond acceptors (Lipinski definition) is 2. The fourth-order valence-electron chi connectivity index (χ4n) is 1.21. The fourth-order valence-corrected chi connectivity index (χ4v) is 1.21. The number of nitrogens with zero attached hydrogens (tertiary/aromatic N) is 1. The zero-order valence-corrected chi connectivity index (χ0v) is 9.00. The van der Waals surface area contributed by atoms with Crippen LogP contribution >= 0.6 is 0 Å². The monoisotopic (exact) mass is 217 g/mol. The number of amides is 2. The van der Waals surface area contributed by atoms with Gasteiger partial charge >= 0.3 is 0 Å². The number of anilines is 1. The average Bonchev–Trinajstić information content (AvgIpc) is 2.27. The van der Waals surface area contributed by atoms with Crippen LogP contribution in [0.5, 0.6) is 0 Å². The SMILES string of the molecule is [C-]#[N+]c1ccc(C(=O)NC)cc1NC(C)=O. The number of carbonyl (C=O) groups excluding carboxylic acids is 2. The molecule has 1 aromatic carbocycles. The van der Waals surface area contributed by atoms with Crippen molar-refractivity contribution in [3.63, 3.8) is 0 Å². The molecule has 0 saturated carbocycles. The van der Waals surface area contributed by atoms with Crippen molar-refractivity contribution < 1.29 is 9.59 Å². The van der Waals surface area contributed by atoms with Crippen LogP contribution in [0.25, 0.3) is 4.85 Å². The smallest absolute Gasteiger partial charge is 0.250 e. The first-order chi connectivity index (χ1) is 7.58. The highest BCUT2D eigenvalue weighted by Gasteiger charge is 2.09. The molecule has 0 fully saturated rings. The number of hydrogen-bond donors (Lipinski definition) is 2. The first kappa shape index (κ1) is 11.7. The third-order valence-electron chi connectivity index (χ3n) is 1.92. The molecule has 0 aliphatic carbocycles. The molecular weight excluding hydrogens is 206 g/mol. The van der Waals surface area contributed by atoms with Crippen LogP contribution in [0, 0.1) is 6.57 Å². The Hall–Kier alpha value is -2.35. The first-order valence-electron chi connectivity index (χ1n) is 4.59. The Labute approximate surface area is 93.3 Å². The minimum absolute atomic E-state index is 0.261. The molecule has 0 heterocycles. The molecule has 1 rings (SSSR count). The van der Waals surface area contributed by atoms with E-state index in [9.17, 15) is 9.59 Å². The first-order valence-corrected chi connectivity index (χ1v) is 4.59. The van der Waals surface area contributed by atoms with E-state index in [1.165, 1.54) is 32.2 Å². The van der Waals surface area contributed by atoms with Gasteiger partial charge in [-0.25, -0.2) is 4.85 Å². The normalized spacial score (nSPS) is 9.06. The van der Waals surface area contributed by atoms with Crippen LogP contribution in [0.3, 0.4) is 0 Å². The van der Waals surface area contributed by atoms with Crippen molar-refractivity contribution in [2.45, 2.75) is 6.92 Å². The molecule has 0 atom stereocenters. The minimum Gasteiger partial charge on any atom is -0.355 e. The second kappa shape index (κ2) is 4.94. The second-order valence-electron chi connectivity index (χ2n) is 3.10. The molecule has 0 unspecified atom stereocenters. The summed E-state index contributed by atoms with van der Waals surface area (Å²) in [4.78, 5) is 25.5. The Morgan fingerprint density at radius 2 is 2.06 bits per heavy atom. The molecule has 0 radical (unpaired) electrons. The van der Waals surface area contributed by atoms with Gasteiger partial charge in [-0.3, -0.25) is 9.59 Å². The molecule has 2 amide bonds. The highest BCUT2D eigenvalue weighted by Crippen LogP contribution is 2.26. The Kier molecular flexibility index (Phi) is 3.62. The van der Waals surface area contributed by atoms with Crippen molar-refractivity contribution in [3.8, 4) is 0 Å². The van der Waals surface area contributed by atoms with Gasteiger partial charge in [0.1, 0.15) is 0 Å². The van der Waals surface area contributed by atoms with Gasteiger partial charge in [0.25, 0.3) is 5.91 Å². The van der Waals surface area contributed by atoms with E-state index in [-0.39, 0.29) is 11.8 Å². The van der Waals surface area contributed by atoms with E-state index in [1.54, 1.807) is 0 Å². The zero-order valence-electron chi connectivity index (χ0n) is 9.00. The van der Waals surface area contributed by atoms with E-state index < -0.39 is 0 Å². The number of rotatable bonds is 2. The van der Waals surface area contributed by atoms with Gasteiger partial charge in [0, 0.05) is 25.2 Å². The van der Waals surface area contributed by atoms with Gasteiger partial charge in [-0.2, -0.15) is 0 Å². The molecule has 0 aliphatic heterocycles. The van der Waals surface area contributed by atoms with Crippen LogP contribution in [0.15, 0.2) is 18.2 Å². The van der Waals surface area contributed by atoms with Crippen LogP contribution in [-0.4, -0.2) is 18.9 Å². The molecule has 0 aromatic heterocycles. The molecule has 2 N–H and O–H groups in total. The molecule has 1 aromatic rings. The van der Waals surface area contributed by atoms with Gasteiger partial charge in [0.05, 0.1) is 6.57 Å². The van der Waals surface area contributed by atoms with Gasteiger partial charge in [-0.1, -0.05) is 12.1 Å². The van der Waals surface area contributed by atoms with E-state index in [2.05, 4.69) is 15.5 Å². The van der Waals surface area contributed by atoms with Crippen LogP contribution in [0.1, 0.15) is 17.3 Å². The molecule has 0 spiro atoms. The van der Waals surface area contributed by atoms with Crippen molar-refractivity contribution in [3.05, 3.63) is 35.2 Å². The lowest BCUT2D eigenvalue weighted by Gasteiger charge is -2.07. The van der Waals surface area contributed by atoms with E-state index in [0.29, 0.717) is 16.9 Å². The molecule has 0 aliphatic rings. The van der Waals surface area contributed by atoms with Gasteiger partial charge < -0.3 is 10.6 Å². The second-order valence-corrected chi connectivity index (χ2v) is 3.10. The van der Waals surface area contributed by atoms with Gasteiger partial charge in [0.15, 0.2) is 0 Å². The lowest BCUT2D eigenvalue weighted by Crippen LogP contribution is -2.18. The molecule has 16 heavy (non-hydrogen) atoms. The molecular formula is C11H11N3O2. The fraction of sp³-hybridized carbons (Fsp3) is 0.182. The van der Waals surface area contributed by atoms with Crippen LogP contribution < -0.4 is 10.6 Å². The highest BCUT2D eigenvalue weighted by atomic mass is 16.2. The van der Waals surface area contributed by atoms with E-state index >= 15 is 0 Å². The van der Waals surface area contributed by atoms with E-state index in [1.807, 2.05) is 0 Å². The summed E-state index contributed by atoms with van der Waals surface area (Å²) in [5.41, 5.74) is 1.06. The molecule has 5 heteroatoms. The largest absolute Gasteiger partial charge is 0.355 e.